The molecule has 18 heavy (non-hydrogen) atoms. The summed E-state index contributed by atoms with van der Waals surface area (Å²) in [6.07, 6.45) is 1.33. The van der Waals surface area contributed by atoms with E-state index in [-0.39, 0.29) is 6.10 Å². The Balaban J connectivity index is 2.04. The summed E-state index contributed by atoms with van der Waals surface area (Å²) in [6, 6.07) is 3.62. The Hall–Kier alpha value is -2.08. The third-order valence-corrected chi connectivity index (χ3v) is 2.80. The molecule has 2 heterocycles. The van der Waals surface area contributed by atoms with Crippen LogP contribution in [0.15, 0.2) is 18.5 Å². The van der Waals surface area contributed by atoms with Gasteiger partial charge < -0.3 is 19.9 Å². The molecular weight excluding hydrogens is 234 g/mol. The highest BCUT2D eigenvalue weighted by atomic mass is 16.6. The molecule has 0 radical (unpaired) electrons. The molecule has 0 spiro atoms. The third kappa shape index (κ3) is 1.80. The number of hydrogen-bond acceptors (Lipinski definition) is 6. The van der Waals surface area contributed by atoms with Crippen LogP contribution in [0, 0.1) is 0 Å². The van der Waals surface area contributed by atoms with Gasteiger partial charge in [0.25, 0.3) is 0 Å². The van der Waals surface area contributed by atoms with Crippen LogP contribution in [0.25, 0.3) is 10.9 Å². The van der Waals surface area contributed by atoms with Crippen LogP contribution in [0.5, 0.6) is 11.5 Å². The van der Waals surface area contributed by atoms with E-state index in [0.717, 1.165) is 10.9 Å². The number of nitrogens with zero attached hydrogens (tertiary/aromatic N) is 2. The highest BCUT2D eigenvalue weighted by Gasteiger charge is 2.22. The number of anilines is 1. The van der Waals surface area contributed by atoms with E-state index >= 15 is 0 Å². The first-order valence-corrected chi connectivity index (χ1v) is 5.60. The molecule has 0 saturated carbocycles. The van der Waals surface area contributed by atoms with Crippen LogP contribution >= 0.6 is 0 Å². The standard InChI is InChI=1S/C12H13N3O3/c1-16-4-7-5-17-10-3-9-8(2-11(10)18-7)12(13)15-6-14-9/h2-3,6-7H,4-5H2,1H3,(H2,13,14,15). The fourth-order valence-electron chi connectivity index (χ4n) is 1.95. The number of rotatable bonds is 2. The first-order chi connectivity index (χ1) is 8.78. The lowest BCUT2D eigenvalue weighted by atomic mass is 10.2. The average Bonchev–Trinajstić information content (AvgIpc) is 2.38. The lowest BCUT2D eigenvalue weighted by Gasteiger charge is -2.26. The summed E-state index contributed by atoms with van der Waals surface area (Å²) in [6.45, 7) is 0.950. The van der Waals surface area contributed by atoms with E-state index in [1.807, 2.05) is 12.1 Å². The van der Waals surface area contributed by atoms with Gasteiger partial charge in [0.15, 0.2) is 17.6 Å². The Morgan fingerprint density at radius 3 is 3.11 bits per heavy atom. The van der Waals surface area contributed by atoms with Gasteiger partial charge in [-0.3, -0.25) is 0 Å². The van der Waals surface area contributed by atoms with E-state index in [2.05, 4.69) is 9.97 Å². The Labute approximate surface area is 104 Å². The van der Waals surface area contributed by atoms with Gasteiger partial charge in [-0.05, 0) is 6.07 Å². The molecule has 1 aromatic carbocycles. The molecular formula is C12H13N3O3. The van der Waals surface area contributed by atoms with E-state index < -0.39 is 0 Å². The smallest absolute Gasteiger partial charge is 0.163 e. The van der Waals surface area contributed by atoms with Crippen molar-refractivity contribution in [2.45, 2.75) is 6.10 Å². The summed E-state index contributed by atoms with van der Waals surface area (Å²) in [5.74, 6) is 1.76. The Morgan fingerprint density at radius 2 is 2.28 bits per heavy atom. The van der Waals surface area contributed by atoms with Crippen molar-refractivity contribution >= 4 is 16.7 Å². The molecule has 1 atom stereocenters. The third-order valence-electron chi connectivity index (χ3n) is 2.80. The van der Waals surface area contributed by atoms with Gasteiger partial charge in [-0.1, -0.05) is 0 Å². The number of fused-ring (bicyclic) bond motifs is 2. The number of methoxy groups -OCH3 is 1. The zero-order valence-electron chi connectivity index (χ0n) is 9.92. The maximum atomic E-state index is 5.81. The van der Waals surface area contributed by atoms with E-state index in [0.29, 0.717) is 30.5 Å². The minimum atomic E-state index is -0.106. The predicted molar refractivity (Wildman–Crippen MR) is 65.7 cm³/mol. The summed E-state index contributed by atoms with van der Waals surface area (Å²) >= 11 is 0. The van der Waals surface area contributed by atoms with Crippen LogP contribution in [-0.2, 0) is 4.74 Å². The van der Waals surface area contributed by atoms with E-state index in [1.54, 1.807) is 7.11 Å². The molecule has 3 rings (SSSR count). The number of aromatic nitrogens is 2. The second-order valence-corrected chi connectivity index (χ2v) is 4.08. The SMILES string of the molecule is COCC1COc2cc3ncnc(N)c3cc2O1. The number of nitrogen functional groups attached to an aromatic ring is 1. The Morgan fingerprint density at radius 1 is 1.39 bits per heavy atom. The molecule has 0 amide bonds. The molecule has 94 valence electrons. The summed E-state index contributed by atoms with van der Waals surface area (Å²) in [7, 11) is 1.63. The van der Waals surface area contributed by atoms with Gasteiger partial charge in [-0.25, -0.2) is 9.97 Å². The molecule has 6 nitrogen and oxygen atoms in total. The van der Waals surface area contributed by atoms with E-state index in [4.69, 9.17) is 19.9 Å². The Bertz CT molecular complexity index is 588. The zero-order valence-corrected chi connectivity index (χ0v) is 9.92. The lowest BCUT2D eigenvalue weighted by molar-refractivity contribution is 0.0274. The van der Waals surface area contributed by atoms with Crippen LogP contribution in [0.4, 0.5) is 5.82 Å². The fourth-order valence-corrected chi connectivity index (χ4v) is 1.95. The maximum absolute atomic E-state index is 5.81. The molecule has 1 unspecified atom stereocenters. The van der Waals surface area contributed by atoms with Crippen molar-refractivity contribution < 1.29 is 14.2 Å². The average molecular weight is 247 g/mol. The van der Waals surface area contributed by atoms with Crippen molar-refractivity contribution in [3.05, 3.63) is 18.5 Å². The van der Waals surface area contributed by atoms with Gasteiger partial charge in [0.2, 0.25) is 0 Å². The monoisotopic (exact) mass is 247 g/mol. The van der Waals surface area contributed by atoms with Gasteiger partial charge in [0.05, 0.1) is 12.1 Å². The van der Waals surface area contributed by atoms with Crippen LogP contribution < -0.4 is 15.2 Å². The molecule has 0 aliphatic carbocycles. The van der Waals surface area contributed by atoms with Crippen LogP contribution in [0.3, 0.4) is 0 Å². The number of ether oxygens (including phenoxy) is 3. The number of nitrogens with two attached hydrogens (primary N) is 1. The normalized spacial score (nSPS) is 17.9. The van der Waals surface area contributed by atoms with Gasteiger partial charge in [0, 0.05) is 18.6 Å². The predicted octanol–water partition coefficient (Wildman–Crippen LogP) is 0.998. The molecule has 2 N–H and O–H groups in total. The van der Waals surface area contributed by atoms with Crippen LogP contribution in [0.2, 0.25) is 0 Å². The van der Waals surface area contributed by atoms with Gasteiger partial charge in [-0.2, -0.15) is 0 Å². The molecule has 1 aliphatic rings. The Kier molecular flexibility index (Phi) is 2.64. The quantitative estimate of drug-likeness (QED) is 0.852. The first kappa shape index (κ1) is 11.0. The highest BCUT2D eigenvalue weighted by Crippen LogP contribution is 2.36. The number of benzene rings is 1. The minimum absolute atomic E-state index is 0.106. The van der Waals surface area contributed by atoms with Crippen LogP contribution in [-0.4, -0.2) is 36.4 Å². The van der Waals surface area contributed by atoms with Crippen molar-refractivity contribution in [2.24, 2.45) is 0 Å². The molecule has 0 fully saturated rings. The molecule has 2 aromatic rings. The van der Waals surface area contributed by atoms with Crippen molar-refractivity contribution in [1.82, 2.24) is 9.97 Å². The first-order valence-electron chi connectivity index (χ1n) is 5.60. The molecule has 6 heteroatoms. The van der Waals surface area contributed by atoms with Gasteiger partial charge in [0.1, 0.15) is 18.8 Å². The van der Waals surface area contributed by atoms with Crippen LogP contribution in [0.1, 0.15) is 0 Å². The van der Waals surface area contributed by atoms with Gasteiger partial charge >= 0.3 is 0 Å². The summed E-state index contributed by atoms with van der Waals surface area (Å²) in [5, 5.41) is 0.762. The fraction of sp³-hybridized carbons (Fsp3) is 0.333. The molecule has 1 aliphatic heterocycles. The maximum Gasteiger partial charge on any atom is 0.163 e. The lowest BCUT2D eigenvalue weighted by Crippen LogP contribution is -2.32. The van der Waals surface area contributed by atoms with Gasteiger partial charge in [-0.15, -0.1) is 0 Å². The van der Waals surface area contributed by atoms with Crippen molar-refractivity contribution in [2.75, 3.05) is 26.1 Å². The highest BCUT2D eigenvalue weighted by molar-refractivity contribution is 5.90. The van der Waals surface area contributed by atoms with E-state index in [9.17, 15) is 0 Å². The second-order valence-electron chi connectivity index (χ2n) is 4.08. The molecule has 0 saturated heterocycles. The zero-order chi connectivity index (χ0) is 12.5. The minimum Gasteiger partial charge on any atom is -0.486 e. The topological polar surface area (TPSA) is 79.5 Å². The number of hydrogen-bond donors (Lipinski definition) is 1. The summed E-state index contributed by atoms with van der Waals surface area (Å²) in [4.78, 5) is 8.11. The van der Waals surface area contributed by atoms with Crippen molar-refractivity contribution in [3.63, 3.8) is 0 Å². The molecule has 1 aromatic heterocycles. The summed E-state index contributed by atoms with van der Waals surface area (Å²) in [5.41, 5.74) is 6.56. The van der Waals surface area contributed by atoms with Crippen molar-refractivity contribution in [1.29, 1.82) is 0 Å². The van der Waals surface area contributed by atoms with Crippen molar-refractivity contribution in [3.8, 4) is 11.5 Å². The van der Waals surface area contributed by atoms with E-state index in [1.165, 1.54) is 6.33 Å². The summed E-state index contributed by atoms with van der Waals surface area (Å²) < 4.78 is 16.5. The second kappa shape index (κ2) is 4.30. The largest absolute Gasteiger partial charge is 0.486 e. The molecule has 0 bridgehead atoms.